The molecular weight excluding hydrogens is 735 g/mol. The maximum absolute atomic E-state index is 6.65. The first kappa shape index (κ1) is 34.3. The molecule has 2 aromatic heterocycles. The van der Waals surface area contributed by atoms with Gasteiger partial charge in [-0.2, -0.15) is 0 Å². The second kappa shape index (κ2) is 13.1. The lowest BCUT2D eigenvalue weighted by molar-refractivity contribution is 0.360. The molecule has 0 N–H and O–H groups in total. The fourth-order valence-electron chi connectivity index (χ4n) is 9.28. The van der Waals surface area contributed by atoms with Crippen LogP contribution in [0.25, 0.3) is 83.6 Å². The van der Waals surface area contributed by atoms with Crippen LogP contribution >= 0.6 is 0 Å². The molecule has 3 heterocycles. The Kier molecular flexibility index (Phi) is 7.51. The maximum atomic E-state index is 6.65. The number of hydrogen-bond acceptors (Lipinski definition) is 4. The second-order valence-electron chi connectivity index (χ2n) is 16.2. The van der Waals surface area contributed by atoms with Crippen LogP contribution in [0.4, 0.5) is 0 Å². The molecule has 5 nitrogen and oxygen atoms in total. The predicted molar refractivity (Wildman–Crippen MR) is 242 cm³/mol. The molecule has 0 fully saturated rings. The van der Waals surface area contributed by atoms with Crippen LogP contribution in [-0.4, -0.2) is 14.5 Å². The highest BCUT2D eigenvalue weighted by molar-refractivity contribution is 6.09. The van der Waals surface area contributed by atoms with Crippen molar-refractivity contribution in [1.82, 2.24) is 14.5 Å². The molecule has 0 radical (unpaired) electrons. The molecule has 2 aliphatic rings. The van der Waals surface area contributed by atoms with Crippen LogP contribution in [0.5, 0.6) is 23.0 Å². The predicted octanol–water partition coefficient (Wildman–Crippen LogP) is 14.4. The van der Waals surface area contributed by atoms with Crippen LogP contribution in [0.2, 0.25) is 0 Å². The fourth-order valence-corrected chi connectivity index (χ4v) is 9.28. The van der Waals surface area contributed by atoms with Crippen LogP contribution < -0.4 is 9.47 Å². The molecule has 8 aromatic carbocycles. The first-order valence-electron chi connectivity index (χ1n) is 20.4. The number of rotatable bonds is 5. The van der Waals surface area contributed by atoms with E-state index in [0.29, 0.717) is 17.3 Å². The molecule has 0 unspecified atom stereocenters. The summed E-state index contributed by atoms with van der Waals surface area (Å²) in [5.41, 5.74) is 15.1. The van der Waals surface area contributed by atoms with Gasteiger partial charge in [0.1, 0.15) is 0 Å². The van der Waals surface area contributed by atoms with Gasteiger partial charge in [0.2, 0.25) is 0 Å². The molecular formula is C55H37N3O2. The summed E-state index contributed by atoms with van der Waals surface area (Å²) in [6, 6.07) is 65.7. The van der Waals surface area contributed by atoms with E-state index in [4.69, 9.17) is 19.4 Å². The first-order chi connectivity index (χ1) is 29.5. The Labute approximate surface area is 347 Å². The molecule has 1 aliphatic heterocycles. The summed E-state index contributed by atoms with van der Waals surface area (Å²) < 4.78 is 15.6. The van der Waals surface area contributed by atoms with Gasteiger partial charge in [-0.05, 0) is 76.3 Å². The Morgan fingerprint density at radius 1 is 0.433 bits per heavy atom. The van der Waals surface area contributed by atoms with E-state index in [1.807, 2.05) is 30.3 Å². The lowest BCUT2D eigenvalue weighted by atomic mass is 9.82. The van der Waals surface area contributed by atoms with Crippen LogP contribution in [0.1, 0.15) is 25.0 Å². The Bertz CT molecular complexity index is 3280. The van der Waals surface area contributed by atoms with Crippen molar-refractivity contribution in [3.8, 4) is 84.8 Å². The van der Waals surface area contributed by atoms with E-state index in [9.17, 15) is 0 Å². The first-order valence-corrected chi connectivity index (χ1v) is 20.4. The van der Waals surface area contributed by atoms with E-state index < -0.39 is 0 Å². The highest BCUT2D eigenvalue weighted by atomic mass is 16.6. The molecule has 0 amide bonds. The van der Waals surface area contributed by atoms with E-state index in [2.05, 4.69) is 176 Å². The summed E-state index contributed by atoms with van der Waals surface area (Å²) >= 11 is 0. The Morgan fingerprint density at radius 3 is 1.75 bits per heavy atom. The van der Waals surface area contributed by atoms with Gasteiger partial charge in [0.15, 0.2) is 28.8 Å². The summed E-state index contributed by atoms with van der Waals surface area (Å²) in [6.07, 6.45) is 0. The largest absolute Gasteiger partial charge is 0.449 e. The van der Waals surface area contributed by atoms with Crippen molar-refractivity contribution >= 4 is 21.8 Å². The molecule has 0 atom stereocenters. The Morgan fingerprint density at radius 2 is 1.02 bits per heavy atom. The number of nitrogens with zero attached hydrogens (tertiary/aromatic N) is 3. The molecule has 12 rings (SSSR count). The van der Waals surface area contributed by atoms with Crippen molar-refractivity contribution in [3.63, 3.8) is 0 Å². The van der Waals surface area contributed by atoms with Crippen molar-refractivity contribution in [2.24, 2.45) is 0 Å². The zero-order chi connectivity index (χ0) is 40.0. The second-order valence-corrected chi connectivity index (χ2v) is 16.2. The lowest BCUT2D eigenvalue weighted by Crippen LogP contribution is -2.15. The number of fused-ring (bicyclic) bond motifs is 9. The molecule has 0 saturated carbocycles. The molecule has 10 aromatic rings. The average Bonchev–Trinajstić information content (AvgIpc) is 3.77. The quantitative estimate of drug-likeness (QED) is 0.175. The van der Waals surface area contributed by atoms with E-state index in [0.717, 1.165) is 62.0 Å². The third-order valence-corrected chi connectivity index (χ3v) is 12.3. The van der Waals surface area contributed by atoms with Crippen LogP contribution in [0, 0.1) is 0 Å². The summed E-state index contributed by atoms with van der Waals surface area (Å²) in [6.45, 7) is 4.55. The Hall–Kier alpha value is -7.76. The molecule has 284 valence electrons. The number of ether oxygens (including phenoxy) is 2. The van der Waals surface area contributed by atoms with E-state index in [-0.39, 0.29) is 5.41 Å². The monoisotopic (exact) mass is 771 g/mol. The molecule has 0 bridgehead atoms. The fraction of sp³-hybridized carbons (Fsp3) is 0.0545. The number of hydrogen-bond donors (Lipinski definition) is 0. The minimum absolute atomic E-state index is 0.114. The van der Waals surface area contributed by atoms with Gasteiger partial charge in [-0.25, -0.2) is 9.97 Å². The highest BCUT2D eigenvalue weighted by Crippen LogP contribution is 2.58. The van der Waals surface area contributed by atoms with Crippen molar-refractivity contribution in [3.05, 3.63) is 199 Å². The van der Waals surface area contributed by atoms with Gasteiger partial charge in [-0.15, -0.1) is 0 Å². The van der Waals surface area contributed by atoms with E-state index in [1.54, 1.807) is 0 Å². The zero-order valence-corrected chi connectivity index (χ0v) is 33.1. The topological polar surface area (TPSA) is 49.2 Å². The third kappa shape index (κ3) is 5.33. The summed E-state index contributed by atoms with van der Waals surface area (Å²) in [5, 5.41) is 2.49. The smallest absolute Gasteiger partial charge is 0.178 e. The van der Waals surface area contributed by atoms with E-state index >= 15 is 0 Å². The molecule has 60 heavy (non-hydrogen) atoms. The lowest BCUT2D eigenvalue weighted by Gasteiger charge is -2.25. The van der Waals surface area contributed by atoms with Crippen LogP contribution in [0.3, 0.4) is 0 Å². The van der Waals surface area contributed by atoms with Crippen molar-refractivity contribution in [1.29, 1.82) is 0 Å². The van der Waals surface area contributed by atoms with Gasteiger partial charge in [-0.3, -0.25) is 0 Å². The number of para-hydroxylation sites is 2. The zero-order valence-electron chi connectivity index (χ0n) is 33.1. The normalized spacial score (nSPS) is 13.2. The summed E-state index contributed by atoms with van der Waals surface area (Å²) in [4.78, 5) is 10.3. The van der Waals surface area contributed by atoms with Crippen molar-refractivity contribution < 1.29 is 9.47 Å². The van der Waals surface area contributed by atoms with Gasteiger partial charge in [0.25, 0.3) is 0 Å². The molecule has 0 saturated heterocycles. The van der Waals surface area contributed by atoms with Gasteiger partial charge in [-0.1, -0.05) is 153 Å². The average molecular weight is 772 g/mol. The SMILES string of the molecule is CC1(C)c2ccccc2-c2c1ccc1c2Oc2ccc(-c3ccc(-c4nc(-c5ccccc5)cc(-c5ccc(-n6c7ccccc7c7ccccc76)cc5)n4)cc3)cc2O1. The molecule has 1 aliphatic carbocycles. The van der Waals surface area contributed by atoms with Crippen LogP contribution in [0.15, 0.2) is 188 Å². The van der Waals surface area contributed by atoms with Gasteiger partial charge in [0.05, 0.1) is 22.4 Å². The highest BCUT2D eigenvalue weighted by Gasteiger charge is 2.39. The number of benzene rings is 8. The van der Waals surface area contributed by atoms with Crippen molar-refractivity contribution in [2.45, 2.75) is 19.3 Å². The van der Waals surface area contributed by atoms with E-state index in [1.165, 1.54) is 38.5 Å². The number of aromatic nitrogens is 3. The minimum Gasteiger partial charge on any atom is -0.449 e. The molecule has 5 heteroatoms. The van der Waals surface area contributed by atoms with Gasteiger partial charge in [0, 0.05) is 44.1 Å². The summed E-state index contributed by atoms with van der Waals surface area (Å²) in [7, 11) is 0. The van der Waals surface area contributed by atoms with Gasteiger partial charge < -0.3 is 14.0 Å². The van der Waals surface area contributed by atoms with Crippen LogP contribution in [-0.2, 0) is 5.41 Å². The summed E-state index contributed by atoms with van der Waals surface area (Å²) in [5.74, 6) is 3.59. The van der Waals surface area contributed by atoms with Gasteiger partial charge >= 0.3 is 0 Å². The maximum Gasteiger partial charge on any atom is 0.178 e. The molecule has 0 spiro atoms. The Balaban J connectivity index is 0.869. The third-order valence-electron chi connectivity index (χ3n) is 12.3. The standard InChI is InChI=1S/C55H37N3O2/c1-55(2)43-17-9-6-16-42(43)52-44(55)29-31-50-53(52)60-49-30-26-38(32-51(49)59-50)34-20-22-37(23-21-34)54-56-45(35-12-4-3-5-13-35)33-46(57-54)36-24-27-39(28-25-36)58-47-18-10-7-14-40(47)41-15-8-11-19-48(41)58/h3-33H,1-2H3. The van der Waals surface area contributed by atoms with Crippen molar-refractivity contribution in [2.75, 3.05) is 0 Å². The minimum atomic E-state index is -0.114.